The first-order valence-electron chi connectivity index (χ1n) is 7.04. The van der Waals surface area contributed by atoms with Gasteiger partial charge in [-0.05, 0) is 36.4 Å². The molecule has 0 saturated carbocycles. The van der Waals surface area contributed by atoms with Gasteiger partial charge in [-0.3, -0.25) is 0 Å². The first kappa shape index (κ1) is 17.2. The first-order valence-corrected chi connectivity index (χ1v) is 8.96. The molecule has 1 unspecified atom stereocenters. The van der Waals surface area contributed by atoms with Crippen LogP contribution in [0.25, 0.3) is 11.5 Å². The van der Waals surface area contributed by atoms with Crippen molar-refractivity contribution in [3.8, 4) is 11.5 Å². The molecule has 0 amide bonds. The van der Waals surface area contributed by atoms with E-state index in [2.05, 4.69) is 19.0 Å². The molecule has 1 aromatic heterocycles. The summed E-state index contributed by atoms with van der Waals surface area (Å²) in [6.45, 7) is 0. The third kappa shape index (κ3) is 3.87. The van der Waals surface area contributed by atoms with Gasteiger partial charge in [0.1, 0.15) is 0 Å². The van der Waals surface area contributed by atoms with Gasteiger partial charge in [0.25, 0.3) is 0 Å². The molecular formula is C16H12F3N3O2S. The van der Waals surface area contributed by atoms with Crippen LogP contribution in [-0.4, -0.2) is 20.7 Å². The Morgan fingerprint density at radius 3 is 2.20 bits per heavy atom. The van der Waals surface area contributed by atoms with Gasteiger partial charge in [0, 0.05) is 16.7 Å². The monoisotopic (exact) mass is 367 g/mol. The second-order valence-electron chi connectivity index (χ2n) is 5.16. The zero-order valence-electron chi connectivity index (χ0n) is 12.9. The van der Waals surface area contributed by atoms with E-state index in [0.29, 0.717) is 16.1 Å². The lowest BCUT2D eigenvalue weighted by atomic mass is 10.2. The largest absolute Gasteiger partial charge is 0.470 e. The minimum Gasteiger partial charge on any atom is -0.413 e. The molecule has 0 N–H and O–H groups in total. The molecule has 5 nitrogen and oxygen atoms in total. The van der Waals surface area contributed by atoms with Gasteiger partial charge in [-0.2, -0.15) is 17.5 Å². The Bertz CT molecular complexity index is 989. The second kappa shape index (κ2) is 6.32. The van der Waals surface area contributed by atoms with E-state index in [0.717, 1.165) is 0 Å². The SMILES string of the molecule is CS(=O)(=Nc1ccc(-c2nnc(C(F)(F)F)o2)cc1)c1ccccc1. The van der Waals surface area contributed by atoms with E-state index in [1.54, 1.807) is 24.3 Å². The molecule has 2 aromatic carbocycles. The lowest BCUT2D eigenvalue weighted by Gasteiger charge is -2.04. The summed E-state index contributed by atoms with van der Waals surface area (Å²) in [6.07, 6.45) is -3.17. The zero-order valence-corrected chi connectivity index (χ0v) is 13.7. The standard InChI is InChI=1S/C16H12F3N3O2S/c1-25(23,13-5-3-2-4-6-13)22-12-9-7-11(8-10-12)14-20-21-15(24-14)16(17,18)19/h2-10H,1H3. The second-order valence-corrected chi connectivity index (χ2v) is 7.42. The van der Waals surface area contributed by atoms with Crippen molar-refractivity contribution >= 4 is 15.4 Å². The van der Waals surface area contributed by atoms with Crippen LogP contribution in [0.1, 0.15) is 5.89 Å². The quantitative estimate of drug-likeness (QED) is 0.681. The minimum absolute atomic E-state index is 0.251. The third-order valence-electron chi connectivity index (χ3n) is 3.24. The lowest BCUT2D eigenvalue weighted by molar-refractivity contribution is -0.156. The number of hydrogen-bond donors (Lipinski definition) is 0. The van der Waals surface area contributed by atoms with E-state index in [9.17, 15) is 17.4 Å². The lowest BCUT2D eigenvalue weighted by Crippen LogP contribution is -2.04. The van der Waals surface area contributed by atoms with Gasteiger partial charge in [0.15, 0.2) is 0 Å². The summed E-state index contributed by atoms with van der Waals surface area (Å²) in [6, 6.07) is 14.8. The van der Waals surface area contributed by atoms with Crippen molar-refractivity contribution in [2.45, 2.75) is 11.1 Å². The highest BCUT2D eigenvalue weighted by Crippen LogP contribution is 2.31. The molecule has 9 heteroatoms. The summed E-state index contributed by atoms with van der Waals surface area (Å²) >= 11 is 0. The van der Waals surface area contributed by atoms with Crippen molar-refractivity contribution in [2.75, 3.05) is 6.26 Å². The van der Waals surface area contributed by atoms with Crippen molar-refractivity contribution in [3.63, 3.8) is 0 Å². The molecule has 3 rings (SSSR count). The molecule has 0 spiro atoms. The molecule has 0 bridgehead atoms. The van der Waals surface area contributed by atoms with E-state index in [1.165, 1.54) is 30.5 Å². The van der Waals surface area contributed by atoms with Crippen LogP contribution in [0.5, 0.6) is 0 Å². The molecule has 0 aliphatic carbocycles. The average molecular weight is 367 g/mol. The molecule has 25 heavy (non-hydrogen) atoms. The van der Waals surface area contributed by atoms with Gasteiger partial charge in [-0.15, -0.1) is 10.2 Å². The molecule has 0 radical (unpaired) electrons. The Morgan fingerprint density at radius 1 is 1.00 bits per heavy atom. The van der Waals surface area contributed by atoms with Crippen LogP contribution >= 0.6 is 0 Å². The molecule has 3 aromatic rings. The Labute approximate surface area is 141 Å². The first-order chi connectivity index (χ1) is 11.8. The summed E-state index contributed by atoms with van der Waals surface area (Å²) in [5, 5.41) is 6.36. The number of benzene rings is 2. The predicted octanol–water partition coefficient (Wildman–Crippen LogP) is 4.54. The van der Waals surface area contributed by atoms with Crippen molar-refractivity contribution < 1.29 is 21.8 Å². The van der Waals surface area contributed by atoms with E-state index in [1.807, 2.05) is 6.07 Å². The smallest absolute Gasteiger partial charge is 0.413 e. The number of aromatic nitrogens is 2. The summed E-state index contributed by atoms with van der Waals surface area (Å²) < 4.78 is 59.0. The normalized spacial score (nSPS) is 14.1. The van der Waals surface area contributed by atoms with Crippen LogP contribution in [0.4, 0.5) is 18.9 Å². The number of halogens is 3. The molecule has 1 heterocycles. The van der Waals surface area contributed by atoms with Crippen LogP contribution < -0.4 is 0 Å². The fourth-order valence-corrected chi connectivity index (χ4v) is 3.34. The summed E-state index contributed by atoms with van der Waals surface area (Å²) in [5.74, 6) is -1.66. The Kier molecular flexibility index (Phi) is 4.34. The van der Waals surface area contributed by atoms with Gasteiger partial charge in [0.05, 0.1) is 15.4 Å². The van der Waals surface area contributed by atoms with E-state index >= 15 is 0 Å². The van der Waals surface area contributed by atoms with Crippen molar-refractivity contribution in [2.24, 2.45) is 4.36 Å². The average Bonchev–Trinajstić information content (AvgIpc) is 3.06. The molecule has 0 fully saturated rings. The molecule has 0 aliphatic heterocycles. The summed E-state index contributed by atoms with van der Waals surface area (Å²) in [5.41, 5.74) is 0.736. The van der Waals surface area contributed by atoms with Gasteiger partial charge in [-0.25, -0.2) is 4.21 Å². The molecular weight excluding hydrogens is 355 g/mol. The van der Waals surface area contributed by atoms with Gasteiger partial charge in [0.2, 0.25) is 5.89 Å². The summed E-state index contributed by atoms with van der Waals surface area (Å²) in [7, 11) is -2.63. The molecule has 130 valence electrons. The molecule has 0 saturated heterocycles. The van der Waals surface area contributed by atoms with Gasteiger partial charge >= 0.3 is 12.1 Å². The van der Waals surface area contributed by atoms with Crippen molar-refractivity contribution in [1.29, 1.82) is 0 Å². The number of hydrogen-bond acceptors (Lipinski definition) is 5. The highest BCUT2D eigenvalue weighted by atomic mass is 32.2. The maximum atomic E-state index is 12.7. The highest BCUT2D eigenvalue weighted by molar-refractivity contribution is 7.93. The zero-order chi connectivity index (χ0) is 18.1. The predicted molar refractivity (Wildman–Crippen MR) is 85.6 cm³/mol. The number of nitrogens with zero attached hydrogens (tertiary/aromatic N) is 3. The Morgan fingerprint density at radius 2 is 1.64 bits per heavy atom. The van der Waals surface area contributed by atoms with Crippen LogP contribution in [0, 0.1) is 0 Å². The van der Waals surface area contributed by atoms with E-state index < -0.39 is 21.8 Å². The van der Waals surface area contributed by atoms with Crippen molar-refractivity contribution in [3.05, 3.63) is 60.5 Å². The van der Waals surface area contributed by atoms with Gasteiger partial charge < -0.3 is 4.42 Å². The fourth-order valence-electron chi connectivity index (χ4n) is 2.05. The molecule has 1 atom stereocenters. The van der Waals surface area contributed by atoms with E-state index in [4.69, 9.17) is 0 Å². The van der Waals surface area contributed by atoms with Crippen LogP contribution in [0.2, 0.25) is 0 Å². The topological polar surface area (TPSA) is 68.3 Å². The third-order valence-corrected chi connectivity index (χ3v) is 4.95. The molecule has 0 aliphatic rings. The number of rotatable bonds is 3. The van der Waals surface area contributed by atoms with Crippen LogP contribution in [0.3, 0.4) is 0 Å². The maximum absolute atomic E-state index is 12.7. The van der Waals surface area contributed by atoms with Crippen LogP contribution in [-0.2, 0) is 15.9 Å². The maximum Gasteiger partial charge on any atom is 0.470 e. The van der Waals surface area contributed by atoms with E-state index in [-0.39, 0.29) is 5.89 Å². The Balaban J connectivity index is 1.89. The van der Waals surface area contributed by atoms with Gasteiger partial charge in [-0.1, -0.05) is 18.2 Å². The summed E-state index contributed by atoms with van der Waals surface area (Å²) in [4.78, 5) is 0.589. The fraction of sp³-hybridized carbons (Fsp3) is 0.125. The highest BCUT2D eigenvalue weighted by Gasteiger charge is 2.38. The Hall–Kier alpha value is -2.68. The minimum atomic E-state index is -4.69. The number of alkyl halides is 3. The van der Waals surface area contributed by atoms with Crippen LogP contribution in [0.15, 0.2) is 68.3 Å². The van der Waals surface area contributed by atoms with Crippen molar-refractivity contribution in [1.82, 2.24) is 10.2 Å².